The highest BCUT2D eigenvalue weighted by Gasteiger charge is 2.08. The van der Waals surface area contributed by atoms with Crippen molar-refractivity contribution in [2.75, 3.05) is 10.6 Å². The molecule has 122 valence electrons. The average molecular weight is 322 g/mol. The van der Waals surface area contributed by atoms with E-state index in [1.807, 2.05) is 38.1 Å². The lowest BCUT2D eigenvalue weighted by molar-refractivity contribution is 0.102. The summed E-state index contributed by atoms with van der Waals surface area (Å²) in [5.41, 5.74) is 2.82. The van der Waals surface area contributed by atoms with Crippen molar-refractivity contribution < 1.29 is 9.21 Å². The smallest absolute Gasteiger partial charge is 0.256 e. The highest BCUT2D eigenvalue weighted by molar-refractivity contribution is 6.03. The van der Waals surface area contributed by atoms with Crippen LogP contribution < -0.4 is 10.6 Å². The topological polar surface area (TPSA) is 80.0 Å². The van der Waals surface area contributed by atoms with E-state index >= 15 is 0 Å². The average Bonchev–Trinajstić information content (AvgIpc) is 3.10. The fourth-order valence-corrected chi connectivity index (χ4v) is 2.16. The number of aromatic nitrogens is 2. The van der Waals surface area contributed by atoms with Crippen LogP contribution in [-0.4, -0.2) is 16.1 Å². The molecule has 0 atom stereocenters. The number of hydrogen-bond donors (Lipinski definition) is 2. The first-order valence-corrected chi connectivity index (χ1v) is 7.60. The molecule has 0 spiro atoms. The SMILES string of the molecule is Cc1ccc(C(=O)Nc2ccc(NCc3ccco3)nn2)cc1C. The molecular formula is C18H18N4O2. The Bertz CT molecular complexity index is 827. The molecule has 0 aliphatic heterocycles. The second-order valence-electron chi connectivity index (χ2n) is 5.49. The Kier molecular flexibility index (Phi) is 4.56. The minimum atomic E-state index is -0.205. The van der Waals surface area contributed by atoms with Crippen molar-refractivity contribution in [1.82, 2.24) is 10.2 Å². The molecule has 1 aromatic carbocycles. The van der Waals surface area contributed by atoms with Gasteiger partial charge in [-0.15, -0.1) is 10.2 Å². The van der Waals surface area contributed by atoms with Gasteiger partial charge >= 0.3 is 0 Å². The summed E-state index contributed by atoms with van der Waals surface area (Å²) in [5.74, 6) is 1.62. The molecule has 0 unspecified atom stereocenters. The maximum atomic E-state index is 12.2. The number of aryl methyl sites for hydroxylation is 2. The quantitative estimate of drug-likeness (QED) is 0.751. The van der Waals surface area contributed by atoms with Crippen LogP contribution in [0.3, 0.4) is 0 Å². The van der Waals surface area contributed by atoms with E-state index in [1.165, 1.54) is 0 Å². The van der Waals surface area contributed by atoms with Crippen LogP contribution in [0, 0.1) is 13.8 Å². The van der Waals surface area contributed by atoms with Crippen LogP contribution in [0.25, 0.3) is 0 Å². The molecule has 6 nitrogen and oxygen atoms in total. The highest BCUT2D eigenvalue weighted by atomic mass is 16.3. The summed E-state index contributed by atoms with van der Waals surface area (Å²) in [6, 6.07) is 12.7. The second-order valence-corrected chi connectivity index (χ2v) is 5.49. The molecule has 0 aliphatic rings. The number of rotatable bonds is 5. The third-order valence-electron chi connectivity index (χ3n) is 3.70. The molecule has 0 saturated heterocycles. The predicted molar refractivity (Wildman–Crippen MR) is 91.9 cm³/mol. The van der Waals surface area contributed by atoms with Gasteiger partial charge in [0.2, 0.25) is 0 Å². The number of amides is 1. The van der Waals surface area contributed by atoms with Crippen molar-refractivity contribution >= 4 is 17.5 Å². The summed E-state index contributed by atoms with van der Waals surface area (Å²) in [5, 5.41) is 13.9. The predicted octanol–water partition coefficient (Wildman–Crippen LogP) is 3.55. The van der Waals surface area contributed by atoms with Crippen molar-refractivity contribution in [3.63, 3.8) is 0 Å². The maximum Gasteiger partial charge on any atom is 0.256 e. The van der Waals surface area contributed by atoms with Crippen molar-refractivity contribution in [3.05, 3.63) is 71.2 Å². The van der Waals surface area contributed by atoms with Gasteiger partial charge in [-0.2, -0.15) is 0 Å². The highest BCUT2D eigenvalue weighted by Crippen LogP contribution is 2.13. The first-order valence-electron chi connectivity index (χ1n) is 7.60. The summed E-state index contributed by atoms with van der Waals surface area (Å²) in [6.07, 6.45) is 1.62. The van der Waals surface area contributed by atoms with E-state index in [4.69, 9.17) is 4.42 Å². The lowest BCUT2D eigenvalue weighted by Gasteiger charge is -2.07. The third-order valence-corrected chi connectivity index (χ3v) is 3.70. The van der Waals surface area contributed by atoms with Crippen LogP contribution in [0.4, 0.5) is 11.6 Å². The molecule has 6 heteroatoms. The minimum absolute atomic E-state index is 0.205. The standard InChI is InChI=1S/C18H18N4O2/c1-12-5-6-14(10-13(12)2)18(23)20-17-8-7-16(21-22-17)19-11-15-4-3-9-24-15/h3-10H,11H2,1-2H3,(H,19,21)(H,20,22,23). The number of carbonyl (C=O) groups is 1. The van der Waals surface area contributed by atoms with E-state index in [0.717, 1.165) is 16.9 Å². The van der Waals surface area contributed by atoms with Crippen LogP contribution in [0.15, 0.2) is 53.1 Å². The summed E-state index contributed by atoms with van der Waals surface area (Å²) < 4.78 is 5.23. The normalized spacial score (nSPS) is 10.4. The Labute approximate surface area is 139 Å². The van der Waals surface area contributed by atoms with E-state index in [-0.39, 0.29) is 5.91 Å². The number of anilines is 2. The zero-order valence-corrected chi connectivity index (χ0v) is 13.5. The van der Waals surface area contributed by atoms with E-state index in [0.29, 0.717) is 23.7 Å². The van der Waals surface area contributed by atoms with Gasteiger partial charge in [-0.05, 0) is 61.4 Å². The van der Waals surface area contributed by atoms with E-state index in [2.05, 4.69) is 20.8 Å². The van der Waals surface area contributed by atoms with E-state index in [9.17, 15) is 4.79 Å². The van der Waals surface area contributed by atoms with E-state index in [1.54, 1.807) is 24.5 Å². The van der Waals surface area contributed by atoms with Crippen molar-refractivity contribution in [3.8, 4) is 0 Å². The Morgan fingerprint density at radius 2 is 1.83 bits per heavy atom. The van der Waals surface area contributed by atoms with Gasteiger partial charge in [-0.25, -0.2) is 0 Å². The second kappa shape index (κ2) is 6.95. The van der Waals surface area contributed by atoms with Gasteiger partial charge in [-0.1, -0.05) is 6.07 Å². The minimum Gasteiger partial charge on any atom is -0.467 e. The summed E-state index contributed by atoms with van der Waals surface area (Å²) in [6.45, 7) is 4.51. The fraction of sp³-hybridized carbons (Fsp3) is 0.167. The van der Waals surface area contributed by atoms with Crippen molar-refractivity contribution in [2.24, 2.45) is 0 Å². The van der Waals surface area contributed by atoms with E-state index < -0.39 is 0 Å². The van der Waals surface area contributed by atoms with Crippen molar-refractivity contribution in [1.29, 1.82) is 0 Å². The van der Waals surface area contributed by atoms with Gasteiger partial charge in [0.05, 0.1) is 12.8 Å². The largest absolute Gasteiger partial charge is 0.467 e. The first-order chi connectivity index (χ1) is 11.6. The maximum absolute atomic E-state index is 12.2. The number of hydrogen-bond acceptors (Lipinski definition) is 5. The molecule has 2 heterocycles. The summed E-state index contributed by atoms with van der Waals surface area (Å²) in [4.78, 5) is 12.2. The summed E-state index contributed by atoms with van der Waals surface area (Å²) in [7, 11) is 0. The van der Waals surface area contributed by atoms with Gasteiger partial charge in [0.1, 0.15) is 11.6 Å². The third kappa shape index (κ3) is 3.78. The molecule has 2 aromatic heterocycles. The number of carbonyl (C=O) groups excluding carboxylic acids is 1. The molecule has 0 aliphatic carbocycles. The monoisotopic (exact) mass is 322 g/mol. The van der Waals surface area contributed by atoms with Gasteiger partial charge in [0.25, 0.3) is 5.91 Å². The Morgan fingerprint density at radius 3 is 2.50 bits per heavy atom. The van der Waals surface area contributed by atoms with Crippen molar-refractivity contribution in [2.45, 2.75) is 20.4 Å². The molecule has 2 N–H and O–H groups in total. The van der Waals surface area contributed by atoms with Crippen LogP contribution >= 0.6 is 0 Å². The Balaban J connectivity index is 1.60. The zero-order chi connectivity index (χ0) is 16.9. The Morgan fingerprint density at radius 1 is 1.04 bits per heavy atom. The number of benzene rings is 1. The molecule has 1 amide bonds. The fourth-order valence-electron chi connectivity index (χ4n) is 2.16. The number of furan rings is 1. The number of nitrogens with zero attached hydrogens (tertiary/aromatic N) is 2. The van der Waals surface area contributed by atoms with Gasteiger partial charge in [0, 0.05) is 5.56 Å². The lowest BCUT2D eigenvalue weighted by Crippen LogP contribution is -2.14. The van der Waals surface area contributed by atoms with Gasteiger partial charge in [0.15, 0.2) is 5.82 Å². The molecule has 0 fully saturated rings. The van der Waals surface area contributed by atoms with Crippen LogP contribution in [-0.2, 0) is 6.54 Å². The first kappa shape index (κ1) is 15.7. The van der Waals surface area contributed by atoms with Crippen LogP contribution in [0.2, 0.25) is 0 Å². The number of nitrogens with one attached hydrogen (secondary N) is 2. The Hall–Kier alpha value is -3.15. The van der Waals surface area contributed by atoms with Crippen LogP contribution in [0.5, 0.6) is 0 Å². The molecule has 0 bridgehead atoms. The van der Waals surface area contributed by atoms with Crippen LogP contribution in [0.1, 0.15) is 27.2 Å². The zero-order valence-electron chi connectivity index (χ0n) is 13.5. The molecule has 3 rings (SSSR count). The molecule has 3 aromatic rings. The molecule has 0 radical (unpaired) electrons. The summed E-state index contributed by atoms with van der Waals surface area (Å²) >= 11 is 0. The van der Waals surface area contributed by atoms with Gasteiger partial charge in [-0.3, -0.25) is 4.79 Å². The lowest BCUT2D eigenvalue weighted by atomic mass is 10.1. The van der Waals surface area contributed by atoms with Gasteiger partial charge < -0.3 is 15.1 Å². The molecule has 24 heavy (non-hydrogen) atoms. The molecule has 0 saturated carbocycles. The molecular weight excluding hydrogens is 304 g/mol.